The summed E-state index contributed by atoms with van der Waals surface area (Å²) in [6.07, 6.45) is 2.96. The Labute approximate surface area is 146 Å². The van der Waals surface area contributed by atoms with Crippen molar-refractivity contribution in [2.24, 2.45) is 0 Å². The van der Waals surface area contributed by atoms with Gasteiger partial charge in [-0.05, 0) is 48.0 Å². The smallest absolute Gasteiger partial charge is 0.262 e. The van der Waals surface area contributed by atoms with E-state index >= 15 is 0 Å². The largest absolute Gasteiger partial charge is 0.268 e. The van der Waals surface area contributed by atoms with Crippen molar-refractivity contribution in [3.8, 4) is 0 Å². The van der Waals surface area contributed by atoms with Gasteiger partial charge in [-0.25, -0.2) is 4.39 Å². The van der Waals surface area contributed by atoms with Gasteiger partial charge in [-0.3, -0.25) is 15.2 Å². The van der Waals surface area contributed by atoms with Crippen LogP contribution in [0.5, 0.6) is 0 Å². The Morgan fingerprint density at radius 2 is 1.44 bits per heavy atom. The van der Waals surface area contributed by atoms with Crippen LogP contribution in [0, 0.1) is 5.82 Å². The topological polar surface area (TPSA) is 32.3 Å². The van der Waals surface area contributed by atoms with Crippen LogP contribution < -0.4 is 10.4 Å². The number of carbonyl (C=O) groups excluding carboxylic acids is 1. The minimum absolute atomic E-state index is 0.308. The number of hydrogen-bond donors (Lipinski definition) is 1. The second kappa shape index (κ2) is 7.93. The van der Waals surface area contributed by atoms with Crippen LogP contribution in [-0.2, 0) is 4.79 Å². The van der Waals surface area contributed by atoms with Crippen LogP contribution in [0.25, 0.3) is 6.08 Å². The summed E-state index contributed by atoms with van der Waals surface area (Å²) >= 11 is 0. The molecule has 0 aliphatic carbocycles. The third-order valence-electron chi connectivity index (χ3n) is 3.53. The van der Waals surface area contributed by atoms with E-state index in [9.17, 15) is 9.18 Å². The van der Waals surface area contributed by atoms with Crippen LogP contribution >= 0.6 is 0 Å². The number of carbonyl (C=O) groups is 1. The van der Waals surface area contributed by atoms with Crippen LogP contribution in [0.2, 0.25) is 0 Å². The fourth-order valence-corrected chi connectivity index (χ4v) is 2.36. The highest BCUT2D eigenvalue weighted by atomic mass is 19.1. The molecule has 0 heterocycles. The first-order chi connectivity index (χ1) is 12.2. The molecule has 124 valence electrons. The van der Waals surface area contributed by atoms with E-state index in [0.717, 1.165) is 11.4 Å². The lowest BCUT2D eigenvalue weighted by Crippen LogP contribution is -2.37. The summed E-state index contributed by atoms with van der Waals surface area (Å²) in [5.74, 6) is -0.644. The zero-order valence-corrected chi connectivity index (χ0v) is 13.5. The maximum absolute atomic E-state index is 13.2. The molecular weight excluding hydrogens is 315 g/mol. The summed E-state index contributed by atoms with van der Waals surface area (Å²) < 4.78 is 13.2. The molecule has 3 aromatic rings. The number of para-hydroxylation sites is 2. The normalized spacial score (nSPS) is 10.6. The Hall–Kier alpha value is -3.40. The molecule has 0 spiro atoms. The van der Waals surface area contributed by atoms with Crippen molar-refractivity contribution in [1.29, 1.82) is 0 Å². The molecule has 0 bridgehead atoms. The Bertz CT molecular complexity index is 824. The molecule has 0 saturated heterocycles. The first-order valence-electron chi connectivity index (χ1n) is 7.87. The zero-order chi connectivity index (χ0) is 17.5. The van der Waals surface area contributed by atoms with Crippen molar-refractivity contribution in [1.82, 2.24) is 5.43 Å². The van der Waals surface area contributed by atoms with E-state index in [0.29, 0.717) is 5.56 Å². The van der Waals surface area contributed by atoms with Gasteiger partial charge >= 0.3 is 0 Å². The molecule has 3 nitrogen and oxygen atoms in total. The van der Waals surface area contributed by atoms with Crippen LogP contribution in [0.3, 0.4) is 0 Å². The van der Waals surface area contributed by atoms with Gasteiger partial charge in [0, 0.05) is 6.08 Å². The fraction of sp³-hybridized carbons (Fsp3) is 0. The monoisotopic (exact) mass is 332 g/mol. The summed E-state index contributed by atoms with van der Waals surface area (Å²) in [7, 11) is 0. The first-order valence-corrected chi connectivity index (χ1v) is 7.87. The zero-order valence-electron chi connectivity index (χ0n) is 13.5. The molecule has 0 unspecified atom stereocenters. The summed E-state index contributed by atoms with van der Waals surface area (Å²) in [4.78, 5) is 12.3. The quantitative estimate of drug-likeness (QED) is 0.542. The summed E-state index contributed by atoms with van der Waals surface area (Å²) in [5.41, 5.74) is 5.14. The van der Waals surface area contributed by atoms with E-state index in [4.69, 9.17) is 0 Å². The third kappa shape index (κ3) is 4.54. The highest BCUT2D eigenvalue weighted by molar-refractivity contribution is 5.93. The Balaban J connectivity index is 1.79. The lowest BCUT2D eigenvalue weighted by Gasteiger charge is -2.24. The van der Waals surface area contributed by atoms with E-state index in [1.165, 1.54) is 18.2 Å². The number of anilines is 2. The predicted molar refractivity (Wildman–Crippen MR) is 98.6 cm³/mol. The Kier molecular flexibility index (Phi) is 5.22. The van der Waals surface area contributed by atoms with Crippen molar-refractivity contribution in [2.45, 2.75) is 0 Å². The summed E-state index contributed by atoms with van der Waals surface area (Å²) in [5, 5.41) is 1.71. The van der Waals surface area contributed by atoms with E-state index in [1.54, 1.807) is 23.2 Å². The lowest BCUT2D eigenvalue weighted by atomic mass is 10.2. The maximum atomic E-state index is 13.2. The molecule has 3 aromatic carbocycles. The van der Waals surface area contributed by atoms with Gasteiger partial charge in [-0.15, -0.1) is 0 Å². The lowest BCUT2D eigenvalue weighted by molar-refractivity contribution is -0.116. The van der Waals surface area contributed by atoms with E-state index in [-0.39, 0.29) is 11.7 Å². The highest BCUT2D eigenvalue weighted by Gasteiger charge is 2.10. The Morgan fingerprint density at radius 3 is 2.00 bits per heavy atom. The highest BCUT2D eigenvalue weighted by Crippen LogP contribution is 2.22. The summed E-state index contributed by atoms with van der Waals surface area (Å²) in [6, 6.07) is 25.1. The van der Waals surface area contributed by atoms with Crippen LogP contribution in [0.1, 0.15) is 5.56 Å². The second-order valence-corrected chi connectivity index (χ2v) is 5.37. The van der Waals surface area contributed by atoms with Crippen molar-refractivity contribution in [2.75, 3.05) is 5.01 Å². The molecule has 1 amide bonds. The number of hydrogen-bond acceptors (Lipinski definition) is 2. The molecule has 0 radical (unpaired) electrons. The van der Waals surface area contributed by atoms with Crippen LogP contribution in [0.4, 0.5) is 15.8 Å². The van der Waals surface area contributed by atoms with Gasteiger partial charge in [0.2, 0.25) is 0 Å². The van der Waals surface area contributed by atoms with Gasteiger partial charge in [0.25, 0.3) is 5.91 Å². The van der Waals surface area contributed by atoms with Crippen molar-refractivity contribution in [3.63, 3.8) is 0 Å². The van der Waals surface area contributed by atoms with E-state index in [2.05, 4.69) is 5.43 Å². The molecule has 3 rings (SSSR count). The van der Waals surface area contributed by atoms with Gasteiger partial charge < -0.3 is 0 Å². The van der Waals surface area contributed by atoms with Gasteiger partial charge in [0.1, 0.15) is 5.82 Å². The third-order valence-corrected chi connectivity index (χ3v) is 3.53. The minimum atomic E-state index is -0.335. The number of amides is 1. The first kappa shape index (κ1) is 16.5. The average molecular weight is 332 g/mol. The van der Waals surface area contributed by atoms with Crippen molar-refractivity contribution in [3.05, 3.63) is 102 Å². The van der Waals surface area contributed by atoms with Gasteiger partial charge in [-0.1, -0.05) is 48.5 Å². The van der Waals surface area contributed by atoms with Gasteiger partial charge in [-0.2, -0.15) is 0 Å². The molecule has 0 fully saturated rings. The van der Waals surface area contributed by atoms with Crippen LogP contribution in [-0.4, -0.2) is 5.91 Å². The molecular formula is C21H17FN2O. The maximum Gasteiger partial charge on any atom is 0.262 e. The second-order valence-electron chi connectivity index (χ2n) is 5.37. The van der Waals surface area contributed by atoms with E-state index in [1.807, 2.05) is 60.7 Å². The number of rotatable bonds is 5. The number of nitrogens with one attached hydrogen (secondary N) is 1. The molecule has 4 heteroatoms. The molecule has 0 atom stereocenters. The molecule has 0 aliphatic heterocycles. The molecule has 0 saturated carbocycles. The molecule has 1 N–H and O–H groups in total. The van der Waals surface area contributed by atoms with E-state index < -0.39 is 0 Å². The fourth-order valence-electron chi connectivity index (χ4n) is 2.36. The number of hydrazine groups is 1. The van der Waals surface area contributed by atoms with Crippen molar-refractivity contribution >= 4 is 23.4 Å². The Morgan fingerprint density at radius 1 is 0.840 bits per heavy atom. The molecule has 0 aromatic heterocycles. The minimum Gasteiger partial charge on any atom is -0.268 e. The number of nitrogens with zero attached hydrogens (tertiary/aromatic N) is 1. The molecule has 25 heavy (non-hydrogen) atoms. The number of halogens is 1. The predicted octanol–water partition coefficient (Wildman–Crippen LogP) is 4.71. The van der Waals surface area contributed by atoms with Crippen LogP contribution in [0.15, 0.2) is 91.0 Å². The standard InChI is InChI=1S/C21H17FN2O/c22-18-9-7-8-17(16-18)14-15-21(25)23-24(19-10-3-1-4-11-19)20-12-5-2-6-13-20/h1-16H,(H,23,25)/b15-14+. The van der Waals surface area contributed by atoms with Gasteiger partial charge in [0.15, 0.2) is 0 Å². The average Bonchev–Trinajstić information content (AvgIpc) is 2.66. The number of benzene rings is 3. The molecule has 0 aliphatic rings. The van der Waals surface area contributed by atoms with Gasteiger partial charge in [0.05, 0.1) is 11.4 Å². The SMILES string of the molecule is O=C(/C=C/c1cccc(F)c1)NN(c1ccccc1)c1ccccc1. The summed E-state index contributed by atoms with van der Waals surface area (Å²) in [6.45, 7) is 0. The van der Waals surface area contributed by atoms with Crippen molar-refractivity contribution < 1.29 is 9.18 Å².